The predicted molar refractivity (Wildman–Crippen MR) is 87.3 cm³/mol. The van der Waals surface area contributed by atoms with E-state index in [-0.39, 0.29) is 11.5 Å². The molecule has 0 spiro atoms. The Balaban J connectivity index is 1.97. The largest absolute Gasteiger partial charge is 0.478 e. The minimum atomic E-state index is -1.03. The smallest absolute Gasteiger partial charge is 0.337 e. The highest BCUT2D eigenvalue weighted by Crippen LogP contribution is 2.21. The van der Waals surface area contributed by atoms with Crippen LogP contribution in [0.1, 0.15) is 15.2 Å². The van der Waals surface area contributed by atoms with Crippen molar-refractivity contribution in [3.8, 4) is 0 Å². The molecule has 1 aromatic heterocycles. The minimum Gasteiger partial charge on any atom is -0.478 e. The van der Waals surface area contributed by atoms with E-state index in [0.29, 0.717) is 11.4 Å². The van der Waals surface area contributed by atoms with Gasteiger partial charge < -0.3 is 10.0 Å². The fourth-order valence-corrected chi connectivity index (χ4v) is 3.59. The van der Waals surface area contributed by atoms with E-state index in [1.54, 1.807) is 36.6 Å². The Morgan fingerprint density at radius 1 is 1.24 bits per heavy atom. The highest BCUT2D eigenvalue weighted by Gasteiger charge is 2.17. The molecule has 0 radical (unpaired) electrons. The number of amides is 1. The Morgan fingerprint density at radius 3 is 2.67 bits per heavy atom. The Kier molecular flexibility index (Phi) is 5.41. The van der Waals surface area contributed by atoms with Gasteiger partial charge in [0.15, 0.2) is 0 Å². The number of rotatable bonds is 6. The highest BCUT2D eigenvalue weighted by molar-refractivity contribution is 7.99. The molecule has 1 amide bonds. The number of carbonyl (C=O) groups is 2. The molecule has 0 saturated heterocycles. The maximum atomic E-state index is 12.2. The van der Waals surface area contributed by atoms with Crippen LogP contribution in [0.25, 0.3) is 0 Å². The highest BCUT2D eigenvalue weighted by atomic mass is 32.2. The van der Waals surface area contributed by atoms with Gasteiger partial charge in [0.2, 0.25) is 5.91 Å². The van der Waals surface area contributed by atoms with E-state index < -0.39 is 5.97 Å². The molecule has 2 aromatic rings. The van der Waals surface area contributed by atoms with E-state index in [4.69, 9.17) is 5.11 Å². The van der Waals surface area contributed by atoms with Crippen LogP contribution in [0.3, 0.4) is 0 Å². The Morgan fingerprint density at radius 2 is 2.00 bits per heavy atom. The van der Waals surface area contributed by atoms with Gasteiger partial charge in [-0.25, -0.2) is 4.79 Å². The monoisotopic (exact) mass is 321 g/mol. The number of anilines is 1. The number of thioether (sulfide) groups is 1. The molecule has 0 bridgehead atoms. The Bertz CT molecular complexity index is 626. The fraction of sp³-hybridized carbons (Fsp3) is 0.200. The molecule has 110 valence electrons. The van der Waals surface area contributed by atoms with Crippen molar-refractivity contribution in [3.05, 3.63) is 52.2 Å². The summed E-state index contributed by atoms with van der Waals surface area (Å²) in [6, 6.07) is 10.5. The normalized spacial score (nSPS) is 10.3. The van der Waals surface area contributed by atoms with E-state index >= 15 is 0 Å². The minimum absolute atomic E-state index is 0.106. The molecule has 1 heterocycles. The second kappa shape index (κ2) is 7.28. The van der Waals surface area contributed by atoms with Crippen molar-refractivity contribution in [3.63, 3.8) is 0 Å². The summed E-state index contributed by atoms with van der Waals surface area (Å²) in [7, 11) is 1.61. The number of thiophene rings is 1. The van der Waals surface area contributed by atoms with Crippen LogP contribution in [-0.2, 0) is 10.5 Å². The summed E-state index contributed by atoms with van der Waals surface area (Å²) in [4.78, 5) is 26.0. The maximum Gasteiger partial charge on any atom is 0.337 e. The first-order valence-corrected chi connectivity index (χ1v) is 8.32. The number of aromatic carboxylic acids is 1. The van der Waals surface area contributed by atoms with Crippen LogP contribution in [0.2, 0.25) is 0 Å². The summed E-state index contributed by atoms with van der Waals surface area (Å²) in [5.41, 5.74) is 0.559. The first kappa shape index (κ1) is 15.6. The molecule has 0 fully saturated rings. The molecule has 0 unspecified atom stereocenters. The molecular formula is C15H15NO3S2. The van der Waals surface area contributed by atoms with Crippen LogP contribution in [0, 0.1) is 0 Å². The number of hydrogen-bond acceptors (Lipinski definition) is 4. The molecule has 0 atom stereocenters. The van der Waals surface area contributed by atoms with Crippen LogP contribution in [-0.4, -0.2) is 29.8 Å². The third-order valence-electron chi connectivity index (χ3n) is 2.92. The Hall–Kier alpha value is -1.79. The van der Waals surface area contributed by atoms with Crippen molar-refractivity contribution in [1.82, 2.24) is 0 Å². The first-order chi connectivity index (χ1) is 10.1. The van der Waals surface area contributed by atoms with E-state index in [2.05, 4.69) is 0 Å². The second-order valence-corrected chi connectivity index (χ2v) is 6.37. The predicted octanol–water partition coefficient (Wildman–Crippen LogP) is 3.34. The number of carboxylic acids is 1. The van der Waals surface area contributed by atoms with E-state index in [0.717, 1.165) is 5.75 Å². The third kappa shape index (κ3) is 4.09. The average Bonchev–Trinajstić information content (AvgIpc) is 2.99. The van der Waals surface area contributed by atoms with Gasteiger partial charge in [-0.1, -0.05) is 18.2 Å². The summed E-state index contributed by atoms with van der Waals surface area (Å²) in [5.74, 6) is -0.0260. The van der Waals surface area contributed by atoms with Crippen molar-refractivity contribution in [1.29, 1.82) is 0 Å². The van der Waals surface area contributed by atoms with E-state index in [1.165, 1.54) is 27.6 Å². The van der Waals surface area contributed by atoms with E-state index in [1.807, 2.05) is 17.5 Å². The van der Waals surface area contributed by atoms with Crippen molar-refractivity contribution < 1.29 is 14.7 Å². The summed E-state index contributed by atoms with van der Waals surface area (Å²) < 4.78 is 0. The maximum absolute atomic E-state index is 12.2. The average molecular weight is 321 g/mol. The summed E-state index contributed by atoms with van der Waals surface area (Å²) in [6.45, 7) is 0. The number of hydrogen-bond donors (Lipinski definition) is 1. The lowest BCUT2D eigenvalue weighted by Crippen LogP contribution is -2.29. The summed E-state index contributed by atoms with van der Waals surface area (Å²) in [5, 5.41) is 11.2. The number of para-hydroxylation sites is 1. The quantitative estimate of drug-likeness (QED) is 0.886. The zero-order valence-corrected chi connectivity index (χ0v) is 13.1. The molecule has 2 rings (SSSR count). The van der Waals surface area contributed by atoms with Gasteiger partial charge in [0.05, 0.1) is 17.0 Å². The molecule has 1 aromatic carbocycles. The zero-order chi connectivity index (χ0) is 15.2. The van der Waals surface area contributed by atoms with Crippen LogP contribution < -0.4 is 4.90 Å². The first-order valence-electron chi connectivity index (χ1n) is 6.28. The molecule has 6 heteroatoms. The standard InChI is InChI=1S/C15H15NO3S2/c1-16(13-7-3-2-6-12(13)15(18)19)14(17)10-20-9-11-5-4-8-21-11/h2-8H,9-10H2,1H3,(H,18,19). The number of nitrogens with zero attached hydrogens (tertiary/aromatic N) is 1. The topological polar surface area (TPSA) is 57.6 Å². The van der Waals surface area contributed by atoms with Crippen molar-refractivity contribution in [2.24, 2.45) is 0 Å². The van der Waals surface area contributed by atoms with Gasteiger partial charge in [0.1, 0.15) is 0 Å². The van der Waals surface area contributed by atoms with Gasteiger partial charge in [0.25, 0.3) is 0 Å². The molecule has 0 aliphatic carbocycles. The molecule has 0 aliphatic rings. The lowest BCUT2D eigenvalue weighted by molar-refractivity contribution is -0.115. The molecule has 21 heavy (non-hydrogen) atoms. The van der Waals surface area contributed by atoms with E-state index in [9.17, 15) is 9.59 Å². The lowest BCUT2D eigenvalue weighted by Gasteiger charge is -2.19. The van der Waals surface area contributed by atoms with Crippen LogP contribution >= 0.6 is 23.1 Å². The molecular weight excluding hydrogens is 306 g/mol. The number of benzene rings is 1. The van der Waals surface area contributed by atoms with Gasteiger partial charge in [-0.15, -0.1) is 23.1 Å². The number of carbonyl (C=O) groups excluding carboxylic acids is 1. The third-order valence-corrected chi connectivity index (χ3v) is 4.95. The Labute approximate surface area is 131 Å². The van der Waals surface area contributed by atoms with Gasteiger partial charge >= 0.3 is 5.97 Å². The molecule has 0 saturated carbocycles. The van der Waals surface area contributed by atoms with Crippen molar-refractivity contribution >= 4 is 40.7 Å². The molecule has 4 nitrogen and oxygen atoms in total. The zero-order valence-electron chi connectivity index (χ0n) is 11.5. The van der Waals surface area contributed by atoms with Gasteiger partial charge in [-0.3, -0.25) is 4.79 Å². The summed E-state index contributed by atoms with van der Waals surface area (Å²) in [6.07, 6.45) is 0. The van der Waals surface area contributed by atoms with Gasteiger partial charge in [0, 0.05) is 17.7 Å². The molecule has 0 aliphatic heterocycles. The van der Waals surface area contributed by atoms with Gasteiger partial charge in [-0.05, 0) is 23.6 Å². The number of carboxylic acid groups (broad SMARTS) is 1. The van der Waals surface area contributed by atoms with Gasteiger partial charge in [-0.2, -0.15) is 0 Å². The van der Waals surface area contributed by atoms with Crippen molar-refractivity contribution in [2.75, 3.05) is 17.7 Å². The van der Waals surface area contributed by atoms with Crippen molar-refractivity contribution in [2.45, 2.75) is 5.75 Å². The van der Waals surface area contributed by atoms with Crippen LogP contribution in [0.5, 0.6) is 0 Å². The van der Waals surface area contributed by atoms with Crippen LogP contribution in [0.4, 0.5) is 5.69 Å². The lowest BCUT2D eigenvalue weighted by atomic mass is 10.1. The summed E-state index contributed by atoms with van der Waals surface area (Å²) >= 11 is 3.19. The second-order valence-electron chi connectivity index (χ2n) is 4.35. The molecule has 1 N–H and O–H groups in total. The van der Waals surface area contributed by atoms with Crippen LogP contribution in [0.15, 0.2) is 41.8 Å². The SMILES string of the molecule is CN(C(=O)CSCc1cccs1)c1ccccc1C(=O)O. The fourth-order valence-electron chi connectivity index (χ4n) is 1.81.